The van der Waals surface area contributed by atoms with E-state index >= 15 is 0 Å². The molecular formula is C22H25N3S. The number of hydrogen-bond donors (Lipinski definition) is 0. The molecule has 0 spiro atoms. The molecule has 0 fully saturated rings. The van der Waals surface area contributed by atoms with E-state index in [-0.39, 0.29) is 0 Å². The molecule has 4 heteroatoms. The second-order valence-electron chi connectivity index (χ2n) is 6.95. The fourth-order valence-electron chi connectivity index (χ4n) is 2.83. The van der Waals surface area contributed by atoms with Gasteiger partial charge in [-0.2, -0.15) is 5.10 Å². The van der Waals surface area contributed by atoms with Crippen LogP contribution in [0, 0.1) is 5.92 Å². The van der Waals surface area contributed by atoms with Crippen molar-refractivity contribution in [3.63, 3.8) is 0 Å². The van der Waals surface area contributed by atoms with Crippen LogP contribution in [0.3, 0.4) is 0 Å². The van der Waals surface area contributed by atoms with Gasteiger partial charge in [-0.1, -0.05) is 85.8 Å². The molecule has 0 aliphatic rings. The van der Waals surface area contributed by atoms with Crippen LogP contribution in [-0.2, 0) is 6.54 Å². The Balaban J connectivity index is 2.33. The first kappa shape index (κ1) is 18.3. The van der Waals surface area contributed by atoms with Gasteiger partial charge in [0.05, 0.1) is 10.6 Å². The minimum Gasteiger partial charge on any atom is -0.314 e. The SMILES string of the molecule is CC(C)=NN=c1sc(-c2ccccc2)c(-c2ccccc2)n1CC(C)C. The lowest BCUT2D eigenvalue weighted by molar-refractivity contribution is 0.517. The zero-order valence-electron chi connectivity index (χ0n) is 15.8. The van der Waals surface area contributed by atoms with Gasteiger partial charge < -0.3 is 4.57 Å². The van der Waals surface area contributed by atoms with Gasteiger partial charge >= 0.3 is 0 Å². The van der Waals surface area contributed by atoms with Crippen molar-refractivity contribution in [1.29, 1.82) is 0 Å². The summed E-state index contributed by atoms with van der Waals surface area (Å²) < 4.78 is 2.32. The van der Waals surface area contributed by atoms with E-state index in [1.165, 1.54) is 21.7 Å². The molecule has 0 radical (unpaired) electrons. The molecular weight excluding hydrogens is 338 g/mol. The molecule has 0 aliphatic heterocycles. The van der Waals surface area contributed by atoms with Gasteiger partial charge in [-0.05, 0) is 30.9 Å². The van der Waals surface area contributed by atoms with Crippen molar-refractivity contribution in [2.75, 3.05) is 0 Å². The van der Waals surface area contributed by atoms with Crippen LogP contribution in [0.1, 0.15) is 27.7 Å². The number of aromatic nitrogens is 1. The van der Waals surface area contributed by atoms with Crippen molar-refractivity contribution in [2.24, 2.45) is 16.1 Å². The third-order valence-corrected chi connectivity index (χ3v) is 4.99. The minimum absolute atomic E-state index is 0.515. The third kappa shape index (κ3) is 4.20. The molecule has 1 aromatic heterocycles. The van der Waals surface area contributed by atoms with Gasteiger partial charge in [-0.25, -0.2) is 0 Å². The molecule has 0 unspecified atom stereocenters. The van der Waals surface area contributed by atoms with Crippen molar-refractivity contribution in [3.05, 3.63) is 65.5 Å². The molecule has 0 saturated heterocycles. The van der Waals surface area contributed by atoms with Crippen LogP contribution in [0.4, 0.5) is 0 Å². The highest BCUT2D eigenvalue weighted by atomic mass is 32.1. The molecule has 3 rings (SSSR count). The summed E-state index contributed by atoms with van der Waals surface area (Å²) in [4.78, 5) is 2.18. The average molecular weight is 364 g/mol. The van der Waals surface area contributed by atoms with E-state index in [0.29, 0.717) is 5.92 Å². The summed E-state index contributed by atoms with van der Waals surface area (Å²) in [5.74, 6) is 0.515. The van der Waals surface area contributed by atoms with Crippen molar-refractivity contribution < 1.29 is 0 Å². The van der Waals surface area contributed by atoms with E-state index in [9.17, 15) is 0 Å². The van der Waals surface area contributed by atoms with Gasteiger partial charge in [-0.15, -0.1) is 5.10 Å². The molecule has 0 amide bonds. The summed E-state index contributed by atoms with van der Waals surface area (Å²) in [7, 11) is 0. The molecule has 1 heterocycles. The highest BCUT2D eigenvalue weighted by Crippen LogP contribution is 2.35. The normalized spacial score (nSPS) is 11.8. The van der Waals surface area contributed by atoms with Crippen molar-refractivity contribution in [2.45, 2.75) is 34.2 Å². The zero-order valence-corrected chi connectivity index (χ0v) is 16.6. The van der Waals surface area contributed by atoms with Crippen LogP contribution in [0.2, 0.25) is 0 Å². The molecule has 2 aromatic carbocycles. The van der Waals surface area contributed by atoms with E-state index in [1.54, 1.807) is 11.3 Å². The van der Waals surface area contributed by atoms with Crippen LogP contribution < -0.4 is 4.80 Å². The second-order valence-corrected chi connectivity index (χ2v) is 7.92. The minimum atomic E-state index is 0.515. The molecule has 134 valence electrons. The monoisotopic (exact) mass is 363 g/mol. The summed E-state index contributed by atoms with van der Waals surface area (Å²) in [5.41, 5.74) is 4.60. The summed E-state index contributed by atoms with van der Waals surface area (Å²) in [6.07, 6.45) is 0. The maximum absolute atomic E-state index is 4.56. The van der Waals surface area contributed by atoms with Crippen LogP contribution in [0.5, 0.6) is 0 Å². The Hall–Kier alpha value is -2.46. The van der Waals surface area contributed by atoms with Gasteiger partial charge in [0.25, 0.3) is 0 Å². The molecule has 0 atom stereocenters. The average Bonchev–Trinajstić information content (AvgIpc) is 2.99. The quantitative estimate of drug-likeness (QED) is 0.403. The maximum Gasteiger partial charge on any atom is 0.211 e. The molecule has 26 heavy (non-hydrogen) atoms. The Bertz CT molecular complexity index is 944. The molecule has 0 aliphatic carbocycles. The lowest BCUT2D eigenvalue weighted by Gasteiger charge is -2.13. The predicted molar refractivity (Wildman–Crippen MR) is 112 cm³/mol. The fraction of sp³-hybridized carbons (Fsp3) is 0.273. The first-order chi connectivity index (χ1) is 12.6. The smallest absolute Gasteiger partial charge is 0.211 e. The Morgan fingerprint density at radius 2 is 1.50 bits per heavy atom. The van der Waals surface area contributed by atoms with Crippen LogP contribution in [0.25, 0.3) is 21.7 Å². The Morgan fingerprint density at radius 1 is 0.923 bits per heavy atom. The highest BCUT2D eigenvalue weighted by molar-refractivity contribution is 7.13. The predicted octanol–water partition coefficient (Wildman–Crippen LogP) is 5.84. The Kier molecular flexibility index (Phi) is 5.84. The largest absolute Gasteiger partial charge is 0.314 e. The van der Waals surface area contributed by atoms with Gasteiger partial charge in [0.15, 0.2) is 0 Å². The number of nitrogens with zero attached hydrogens (tertiary/aromatic N) is 3. The fourth-order valence-corrected chi connectivity index (χ4v) is 3.95. The van der Waals surface area contributed by atoms with Gasteiger partial charge in [0.2, 0.25) is 4.80 Å². The first-order valence-electron chi connectivity index (χ1n) is 8.95. The third-order valence-electron chi connectivity index (χ3n) is 3.88. The molecule has 0 saturated carbocycles. The van der Waals surface area contributed by atoms with Crippen molar-refractivity contribution >= 4 is 17.0 Å². The van der Waals surface area contributed by atoms with E-state index in [0.717, 1.165) is 17.1 Å². The summed E-state index contributed by atoms with van der Waals surface area (Å²) in [6, 6.07) is 21.1. The molecule has 3 nitrogen and oxygen atoms in total. The second kappa shape index (κ2) is 8.28. The van der Waals surface area contributed by atoms with Crippen LogP contribution >= 0.6 is 11.3 Å². The van der Waals surface area contributed by atoms with Crippen molar-refractivity contribution in [1.82, 2.24) is 4.57 Å². The molecule has 0 N–H and O–H groups in total. The van der Waals surface area contributed by atoms with Gasteiger partial charge in [-0.3, -0.25) is 0 Å². The standard InChI is InChI=1S/C22H25N3S/c1-16(2)15-25-20(18-11-7-5-8-12-18)21(19-13-9-6-10-14-19)26-22(25)24-23-17(3)4/h5-14,16H,15H2,1-4H3. The lowest BCUT2D eigenvalue weighted by Crippen LogP contribution is -2.19. The van der Waals surface area contributed by atoms with E-state index in [4.69, 9.17) is 0 Å². The van der Waals surface area contributed by atoms with Crippen LogP contribution in [-0.4, -0.2) is 10.3 Å². The first-order valence-corrected chi connectivity index (χ1v) is 9.77. The summed E-state index contributed by atoms with van der Waals surface area (Å²) >= 11 is 1.71. The molecule has 0 bridgehead atoms. The van der Waals surface area contributed by atoms with Crippen LogP contribution in [0.15, 0.2) is 70.9 Å². The maximum atomic E-state index is 4.56. The summed E-state index contributed by atoms with van der Waals surface area (Å²) in [6.45, 7) is 9.32. The summed E-state index contributed by atoms with van der Waals surface area (Å²) in [5, 5.41) is 8.90. The number of benzene rings is 2. The molecule has 3 aromatic rings. The Labute approximate surface area is 159 Å². The highest BCUT2D eigenvalue weighted by Gasteiger charge is 2.17. The number of hydrogen-bond acceptors (Lipinski definition) is 3. The Morgan fingerprint density at radius 3 is 2.04 bits per heavy atom. The lowest BCUT2D eigenvalue weighted by atomic mass is 10.1. The topological polar surface area (TPSA) is 29.6 Å². The van der Waals surface area contributed by atoms with Crippen molar-refractivity contribution in [3.8, 4) is 21.7 Å². The van der Waals surface area contributed by atoms with E-state index in [1.807, 2.05) is 13.8 Å². The van der Waals surface area contributed by atoms with Gasteiger partial charge in [0, 0.05) is 12.3 Å². The number of thiazole rings is 1. The number of rotatable bonds is 5. The van der Waals surface area contributed by atoms with E-state index < -0.39 is 0 Å². The van der Waals surface area contributed by atoms with Gasteiger partial charge in [0.1, 0.15) is 0 Å². The zero-order chi connectivity index (χ0) is 18.5. The van der Waals surface area contributed by atoms with E-state index in [2.05, 4.69) is 89.3 Å².